The van der Waals surface area contributed by atoms with E-state index in [0.717, 1.165) is 51.0 Å². The van der Waals surface area contributed by atoms with Gasteiger partial charge in [0.2, 0.25) is 0 Å². The van der Waals surface area contributed by atoms with Gasteiger partial charge >= 0.3 is 0 Å². The summed E-state index contributed by atoms with van der Waals surface area (Å²) in [5.41, 5.74) is 0. The number of hydrogen-bond acceptors (Lipinski definition) is 4. The third-order valence-corrected chi connectivity index (χ3v) is 6.95. The average Bonchev–Trinajstić information content (AvgIpc) is 3.50. The number of hydrogen-bond donors (Lipinski definition) is 1. The van der Waals surface area contributed by atoms with Crippen LogP contribution in [0.25, 0.3) is 0 Å². The van der Waals surface area contributed by atoms with Crippen LogP contribution in [0.1, 0.15) is 44.4 Å². The van der Waals surface area contributed by atoms with E-state index in [2.05, 4.69) is 28.1 Å². The normalized spacial score (nSPS) is 33.2. The second-order valence-corrected chi connectivity index (χ2v) is 8.49. The Kier molecular flexibility index (Phi) is 6.52. The van der Waals surface area contributed by atoms with Gasteiger partial charge in [0, 0.05) is 31.5 Å². The van der Waals surface area contributed by atoms with Gasteiger partial charge in [-0.2, -0.15) is 0 Å². The van der Waals surface area contributed by atoms with Crippen LogP contribution in [0.4, 0.5) is 0 Å². The minimum atomic E-state index is 0. The zero-order chi connectivity index (χ0) is 18.2. The molecule has 28 heavy (non-hydrogen) atoms. The number of furan rings is 1. The van der Waals surface area contributed by atoms with Crippen molar-refractivity contribution in [3.8, 4) is 0 Å². The number of guanidine groups is 1. The molecule has 1 aromatic heterocycles. The highest BCUT2D eigenvalue weighted by atomic mass is 127. The van der Waals surface area contributed by atoms with Crippen molar-refractivity contribution < 1.29 is 9.15 Å². The summed E-state index contributed by atoms with van der Waals surface area (Å²) in [5, 5.41) is 3.54. The van der Waals surface area contributed by atoms with E-state index >= 15 is 0 Å². The summed E-state index contributed by atoms with van der Waals surface area (Å²) < 4.78 is 11.9. The Bertz CT molecular complexity index is 643. The monoisotopic (exact) mass is 500 g/mol. The molecular weight excluding hydrogens is 467 g/mol. The quantitative estimate of drug-likeness (QED) is 0.383. The lowest BCUT2D eigenvalue weighted by molar-refractivity contribution is 0.0767. The van der Waals surface area contributed by atoms with Crippen LogP contribution in [-0.4, -0.2) is 67.2 Å². The molecule has 5 rings (SSSR count). The van der Waals surface area contributed by atoms with E-state index < -0.39 is 0 Å². The van der Waals surface area contributed by atoms with Gasteiger partial charge < -0.3 is 19.4 Å². The van der Waals surface area contributed by atoms with Crippen LogP contribution in [0.15, 0.2) is 27.8 Å². The lowest BCUT2D eigenvalue weighted by Crippen LogP contribution is -2.42. The molecule has 156 valence electrons. The summed E-state index contributed by atoms with van der Waals surface area (Å²) in [6.45, 7) is 8.29. The fourth-order valence-corrected chi connectivity index (χ4v) is 5.65. The summed E-state index contributed by atoms with van der Waals surface area (Å²) in [5.74, 6) is 3.52. The molecule has 6 nitrogen and oxygen atoms in total. The summed E-state index contributed by atoms with van der Waals surface area (Å²) in [6, 6.07) is 4.34. The number of nitrogens with zero attached hydrogens (tertiary/aromatic N) is 3. The smallest absolute Gasteiger partial charge is 0.194 e. The maximum absolute atomic E-state index is 6.14. The molecule has 0 aromatic carbocycles. The third kappa shape index (κ3) is 3.81. The molecule has 4 aliphatic rings. The van der Waals surface area contributed by atoms with Crippen molar-refractivity contribution in [3.05, 3.63) is 24.2 Å². The SMILES string of the molecule is CCNC(=NCC(c1ccco1)N1CCCC1)N1CC2C3CCC(O3)C2C1.I. The Morgan fingerprint density at radius 1 is 1.21 bits per heavy atom. The van der Waals surface area contributed by atoms with Crippen molar-refractivity contribution in [1.29, 1.82) is 0 Å². The fraction of sp³-hybridized carbons (Fsp3) is 0.762. The van der Waals surface area contributed by atoms with Gasteiger partial charge in [0.15, 0.2) is 5.96 Å². The highest BCUT2D eigenvalue weighted by Crippen LogP contribution is 2.47. The first-order valence-corrected chi connectivity index (χ1v) is 10.8. The van der Waals surface area contributed by atoms with E-state index in [-0.39, 0.29) is 30.0 Å². The minimum absolute atomic E-state index is 0. The first-order chi connectivity index (χ1) is 13.3. The maximum atomic E-state index is 6.14. The van der Waals surface area contributed by atoms with Crippen molar-refractivity contribution in [2.75, 3.05) is 39.3 Å². The number of halogens is 1. The molecule has 7 heteroatoms. The average molecular weight is 500 g/mol. The van der Waals surface area contributed by atoms with Gasteiger partial charge in [0.25, 0.3) is 0 Å². The molecule has 2 bridgehead atoms. The summed E-state index contributed by atoms with van der Waals surface area (Å²) in [4.78, 5) is 10.1. The van der Waals surface area contributed by atoms with Crippen LogP contribution < -0.4 is 5.32 Å². The Morgan fingerprint density at radius 3 is 2.54 bits per heavy atom. The van der Waals surface area contributed by atoms with Crippen LogP contribution in [0.2, 0.25) is 0 Å². The van der Waals surface area contributed by atoms with Gasteiger partial charge in [-0.05, 0) is 57.8 Å². The Labute approximate surface area is 185 Å². The van der Waals surface area contributed by atoms with Crippen molar-refractivity contribution in [1.82, 2.24) is 15.1 Å². The second kappa shape index (κ2) is 8.92. The van der Waals surface area contributed by atoms with Crippen molar-refractivity contribution in [3.63, 3.8) is 0 Å². The lowest BCUT2D eigenvalue weighted by atomic mass is 9.82. The Hall–Kier alpha value is -0.800. The van der Waals surface area contributed by atoms with Crippen molar-refractivity contribution in [2.45, 2.75) is 50.9 Å². The molecule has 0 radical (unpaired) electrons. The number of aliphatic imine (C=N–C) groups is 1. The molecule has 5 unspecified atom stereocenters. The van der Waals surface area contributed by atoms with Crippen LogP contribution in [0.5, 0.6) is 0 Å². The molecular formula is C21H33IN4O2. The van der Waals surface area contributed by atoms with E-state index in [9.17, 15) is 0 Å². The molecule has 4 fully saturated rings. The van der Waals surface area contributed by atoms with Crippen LogP contribution >= 0.6 is 24.0 Å². The van der Waals surface area contributed by atoms with Gasteiger partial charge in [-0.25, -0.2) is 0 Å². The number of likely N-dealkylation sites (tertiary alicyclic amines) is 2. The van der Waals surface area contributed by atoms with Crippen LogP contribution in [-0.2, 0) is 4.74 Å². The predicted octanol–water partition coefficient (Wildman–Crippen LogP) is 3.11. The van der Waals surface area contributed by atoms with Gasteiger partial charge in [-0.15, -0.1) is 24.0 Å². The molecule has 4 saturated heterocycles. The van der Waals surface area contributed by atoms with E-state index in [0.29, 0.717) is 24.0 Å². The molecule has 0 spiro atoms. The van der Waals surface area contributed by atoms with E-state index in [1.54, 1.807) is 6.26 Å². The van der Waals surface area contributed by atoms with E-state index in [1.165, 1.54) is 25.7 Å². The lowest BCUT2D eigenvalue weighted by Gasteiger charge is -2.27. The molecule has 1 aromatic rings. The van der Waals surface area contributed by atoms with Gasteiger partial charge in [0.1, 0.15) is 5.76 Å². The third-order valence-electron chi connectivity index (χ3n) is 6.95. The zero-order valence-corrected chi connectivity index (χ0v) is 19.1. The molecule has 4 aliphatic heterocycles. The minimum Gasteiger partial charge on any atom is -0.468 e. The van der Waals surface area contributed by atoms with E-state index in [1.807, 2.05) is 6.07 Å². The zero-order valence-electron chi connectivity index (χ0n) is 16.8. The Balaban J connectivity index is 0.00000192. The van der Waals surface area contributed by atoms with Crippen molar-refractivity contribution in [2.24, 2.45) is 16.8 Å². The predicted molar refractivity (Wildman–Crippen MR) is 120 cm³/mol. The number of fused-ring (bicyclic) bond motifs is 5. The second-order valence-electron chi connectivity index (χ2n) is 8.49. The molecule has 0 amide bonds. The highest BCUT2D eigenvalue weighted by Gasteiger charge is 2.53. The summed E-state index contributed by atoms with van der Waals surface area (Å²) in [7, 11) is 0. The van der Waals surface area contributed by atoms with E-state index in [4.69, 9.17) is 14.1 Å². The number of ether oxygens (including phenoxy) is 1. The topological polar surface area (TPSA) is 53.2 Å². The summed E-state index contributed by atoms with van der Waals surface area (Å²) >= 11 is 0. The first kappa shape index (κ1) is 20.5. The number of nitrogens with one attached hydrogen (secondary N) is 1. The standard InChI is InChI=1S/C21H32N4O2.HI/c1-2-22-21(25-13-15-16(14-25)19-8-7-18(15)27-19)23-12-17(20-6-5-11-26-20)24-9-3-4-10-24;/h5-6,11,15-19H,2-4,7-10,12-14H2,1H3,(H,22,23);1H. The van der Waals surface area contributed by atoms with Crippen LogP contribution in [0, 0.1) is 11.8 Å². The molecule has 5 atom stereocenters. The van der Waals surface area contributed by atoms with Crippen molar-refractivity contribution >= 4 is 29.9 Å². The molecule has 1 N–H and O–H groups in total. The van der Waals surface area contributed by atoms with Gasteiger partial charge in [0.05, 0.1) is 31.1 Å². The molecule has 5 heterocycles. The van der Waals surface area contributed by atoms with Gasteiger partial charge in [-0.1, -0.05) is 0 Å². The number of rotatable bonds is 5. The summed E-state index contributed by atoms with van der Waals surface area (Å²) in [6.07, 6.45) is 7.83. The molecule has 0 aliphatic carbocycles. The largest absolute Gasteiger partial charge is 0.468 e. The molecule has 0 saturated carbocycles. The van der Waals surface area contributed by atoms with Gasteiger partial charge in [-0.3, -0.25) is 9.89 Å². The highest BCUT2D eigenvalue weighted by molar-refractivity contribution is 14.0. The van der Waals surface area contributed by atoms with Crippen LogP contribution in [0.3, 0.4) is 0 Å². The maximum Gasteiger partial charge on any atom is 0.194 e. The fourth-order valence-electron chi connectivity index (χ4n) is 5.65. The first-order valence-electron chi connectivity index (χ1n) is 10.8. The Morgan fingerprint density at radius 2 is 1.93 bits per heavy atom.